The molecule has 0 heterocycles. The minimum atomic E-state index is -0.265. The van der Waals surface area contributed by atoms with Gasteiger partial charge in [-0.2, -0.15) is 0 Å². The van der Waals surface area contributed by atoms with E-state index in [1.165, 1.54) is 0 Å². The third kappa shape index (κ3) is 5.24. The lowest BCUT2D eigenvalue weighted by Crippen LogP contribution is -2.21. The molecule has 0 amide bonds. The average molecular weight is 237 g/mol. The van der Waals surface area contributed by atoms with Gasteiger partial charge in [0, 0.05) is 5.69 Å². The maximum absolute atomic E-state index is 11.4. The fraction of sp³-hybridized carbons (Fsp3) is 0.462. The highest BCUT2D eigenvalue weighted by molar-refractivity contribution is 5.75. The fourth-order valence-electron chi connectivity index (χ4n) is 1.49. The van der Waals surface area contributed by atoms with Crippen molar-refractivity contribution in [1.82, 2.24) is 0 Å². The molecule has 2 N–H and O–H groups in total. The summed E-state index contributed by atoms with van der Waals surface area (Å²) in [5.74, 6) is -0.0614. The van der Waals surface area contributed by atoms with Crippen LogP contribution >= 0.6 is 0 Å². The Kier molecular flexibility index (Phi) is 5.33. The molecular weight excluding hydrogens is 218 g/mol. The SMILES string of the molecule is CCCC(C)OC(=O)CNc1ccc(O)cc1. The van der Waals surface area contributed by atoms with E-state index in [4.69, 9.17) is 9.84 Å². The second-order valence-electron chi connectivity index (χ2n) is 3.99. The number of aromatic hydroxyl groups is 1. The number of benzene rings is 1. The van der Waals surface area contributed by atoms with Gasteiger partial charge in [-0.3, -0.25) is 4.79 Å². The van der Waals surface area contributed by atoms with Crippen LogP contribution in [0.25, 0.3) is 0 Å². The van der Waals surface area contributed by atoms with Crippen LogP contribution in [0.2, 0.25) is 0 Å². The molecule has 0 saturated heterocycles. The van der Waals surface area contributed by atoms with Crippen LogP contribution in [0.4, 0.5) is 5.69 Å². The highest BCUT2D eigenvalue weighted by Gasteiger charge is 2.08. The van der Waals surface area contributed by atoms with Gasteiger partial charge >= 0.3 is 5.97 Å². The van der Waals surface area contributed by atoms with E-state index in [1.807, 2.05) is 6.92 Å². The van der Waals surface area contributed by atoms with E-state index in [0.717, 1.165) is 18.5 Å². The van der Waals surface area contributed by atoms with E-state index in [2.05, 4.69) is 12.2 Å². The number of phenols is 1. The van der Waals surface area contributed by atoms with Gasteiger partial charge in [-0.05, 0) is 37.6 Å². The Morgan fingerprint density at radius 3 is 2.65 bits per heavy atom. The predicted molar refractivity (Wildman–Crippen MR) is 67.1 cm³/mol. The molecule has 0 fully saturated rings. The molecule has 0 saturated carbocycles. The molecule has 0 aliphatic heterocycles. The standard InChI is InChI=1S/C13H19NO3/c1-3-4-10(2)17-13(16)9-14-11-5-7-12(15)8-6-11/h5-8,10,14-15H,3-4,9H2,1-2H3. The maximum atomic E-state index is 11.4. The lowest BCUT2D eigenvalue weighted by Gasteiger charge is -2.12. The predicted octanol–water partition coefficient (Wildman–Crippen LogP) is 2.54. The second kappa shape index (κ2) is 6.78. The highest BCUT2D eigenvalue weighted by Crippen LogP contribution is 2.13. The van der Waals surface area contributed by atoms with Crippen molar-refractivity contribution in [3.8, 4) is 5.75 Å². The zero-order chi connectivity index (χ0) is 12.7. The summed E-state index contributed by atoms with van der Waals surface area (Å²) >= 11 is 0. The number of hydrogen-bond acceptors (Lipinski definition) is 4. The molecule has 0 spiro atoms. The summed E-state index contributed by atoms with van der Waals surface area (Å²) < 4.78 is 5.19. The van der Waals surface area contributed by atoms with Crippen molar-refractivity contribution in [1.29, 1.82) is 0 Å². The third-order valence-corrected chi connectivity index (χ3v) is 2.33. The summed E-state index contributed by atoms with van der Waals surface area (Å²) in [7, 11) is 0. The Bertz CT molecular complexity index is 348. The average Bonchev–Trinajstić information content (AvgIpc) is 2.28. The van der Waals surface area contributed by atoms with Crippen LogP contribution in [0.5, 0.6) is 5.75 Å². The first-order chi connectivity index (χ1) is 8.11. The molecule has 0 bridgehead atoms. The van der Waals surface area contributed by atoms with Crippen LogP contribution in [0.3, 0.4) is 0 Å². The molecule has 4 heteroatoms. The first-order valence-corrected chi connectivity index (χ1v) is 5.84. The highest BCUT2D eigenvalue weighted by atomic mass is 16.5. The molecule has 0 aliphatic carbocycles. The van der Waals surface area contributed by atoms with E-state index in [0.29, 0.717) is 0 Å². The zero-order valence-electron chi connectivity index (χ0n) is 10.3. The van der Waals surface area contributed by atoms with E-state index in [9.17, 15) is 4.79 Å². The topological polar surface area (TPSA) is 58.6 Å². The summed E-state index contributed by atoms with van der Waals surface area (Å²) in [5.41, 5.74) is 0.780. The quantitative estimate of drug-likeness (QED) is 0.589. The first-order valence-electron chi connectivity index (χ1n) is 5.84. The molecule has 0 aliphatic rings. The van der Waals surface area contributed by atoms with Gasteiger partial charge in [0.2, 0.25) is 0 Å². The molecule has 1 rings (SSSR count). The molecule has 1 unspecified atom stereocenters. The molecule has 17 heavy (non-hydrogen) atoms. The number of hydrogen-bond donors (Lipinski definition) is 2. The summed E-state index contributed by atoms with van der Waals surface area (Å²) in [6, 6.07) is 6.54. The minimum absolute atomic E-state index is 0.0332. The lowest BCUT2D eigenvalue weighted by atomic mass is 10.2. The number of carbonyl (C=O) groups excluding carboxylic acids is 1. The summed E-state index contributed by atoms with van der Waals surface area (Å²) in [6.07, 6.45) is 1.85. The third-order valence-electron chi connectivity index (χ3n) is 2.33. The number of ether oxygens (including phenoxy) is 1. The molecule has 0 radical (unpaired) electrons. The van der Waals surface area contributed by atoms with Crippen LogP contribution in [-0.4, -0.2) is 23.7 Å². The van der Waals surface area contributed by atoms with Gasteiger partial charge in [-0.1, -0.05) is 13.3 Å². The van der Waals surface area contributed by atoms with Gasteiger partial charge in [0.25, 0.3) is 0 Å². The summed E-state index contributed by atoms with van der Waals surface area (Å²) in [4.78, 5) is 11.4. The smallest absolute Gasteiger partial charge is 0.325 e. The van der Waals surface area contributed by atoms with Gasteiger partial charge in [-0.25, -0.2) is 0 Å². The van der Waals surface area contributed by atoms with E-state index in [-0.39, 0.29) is 24.4 Å². The maximum Gasteiger partial charge on any atom is 0.325 e. The van der Waals surface area contributed by atoms with Crippen molar-refractivity contribution in [2.45, 2.75) is 32.8 Å². The minimum Gasteiger partial charge on any atom is -0.508 e. The van der Waals surface area contributed by atoms with Crippen LogP contribution < -0.4 is 5.32 Å². The number of nitrogens with one attached hydrogen (secondary N) is 1. The number of esters is 1. The Hall–Kier alpha value is -1.71. The Morgan fingerprint density at radius 1 is 1.41 bits per heavy atom. The van der Waals surface area contributed by atoms with E-state index >= 15 is 0 Å². The number of rotatable bonds is 6. The van der Waals surface area contributed by atoms with Crippen molar-refractivity contribution in [2.24, 2.45) is 0 Å². The fourth-order valence-corrected chi connectivity index (χ4v) is 1.49. The van der Waals surface area contributed by atoms with E-state index < -0.39 is 0 Å². The van der Waals surface area contributed by atoms with Gasteiger partial charge < -0.3 is 15.2 Å². The largest absolute Gasteiger partial charge is 0.508 e. The number of carbonyl (C=O) groups is 1. The normalized spacial score (nSPS) is 11.9. The van der Waals surface area contributed by atoms with Crippen molar-refractivity contribution in [2.75, 3.05) is 11.9 Å². The molecule has 94 valence electrons. The van der Waals surface area contributed by atoms with Crippen molar-refractivity contribution in [3.63, 3.8) is 0 Å². The Balaban J connectivity index is 2.30. The van der Waals surface area contributed by atoms with Gasteiger partial charge in [0.05, 0.1) is 6.10 Å². The van der Waals surface area contributed by atoms with Gasteiger partial charge in [-0.15, -0.1) is 0 Å². The Labute approximate surface area is 102 Å². The van der Waals surface area contributed by atoms with Crippen molar-refractivity contribution in [3.05, 3.63) is 24.3 Å². The van der Waals surface area contributed by atoms with Crippen LogP contribution in [0.15, 0.2) is 24.3 Å². The number of phenolic OH excluding ortho intramolecular Hbond substituents is 1. The van der Waals surface area contributed by atoms with Gasteiger partial charge in [0.15, 0.2) is 0 Å². The van der Waals surface area contributed by atoms with Crippen LogP contribution in [-0.2, 0) is 9.53 Å². The molecule has 1 atom stereocenters. The monoisotopic (exact) mass is 237 g/mol. The van der Waals surface area contributed by atoms with Crippen molar-refractivity contribution < 1.29 is 14.6 Å². The zero-order valence-corrected chi connectivity index (χ0v) is 10.3. The molecule has 4 nitrogen and oxygen atoms in total. The van der Waals surface area contributed by atoms with Crippen LogP contribution in [0, 0.1) is 0 Å². The second-order valence-corrected chi connectivity index (χ2v) is 3.99. The first kappa shape index (κ1) is 13.4. The van der Waals surface area contributed by atoms with Crippen molar-refractivity contribution >= 4 is 11.7 Å². The molecule has 1 aromatic rings. The Morgan fingerprint density at radius 2 is 2.06 bits per heavy atom. The molecule has 1 aromatic carbocycles. The van der Waals surface area contributed by atoms with E-state index in [1.54, 1.807) is 24.3 Å². The molecular formula is C13H19NO3. The summed E-state index contributed by atoms with van der Waals surface area (Å²) in [5, 5.41) is 12.0. The molecule has 0 aromatic heterocycles. The van der Waals surface area contributed by atoms with Crippen LogP contribution in [0.1, 0.15) is 26.7 Å². The van der Waals surface area contributed by atoms with Gasteiger partial charge in [0.1, 0.15) is 12.3 Å². The summed E-state index contributed by atoms with van der Waals surface area (Å²) in [6.45, 7) is 4.08. The number of anilines is 1. The lowest BCUT2D eigenvalue weighted by molar-refractivity contribution is -0.146.